The fourth-order valence-corrected chi connectivity index (χ4v) is 4.10. The Morgan fingerprint density at radius 3 is 3.29 bits per heavy atom. The van der Waals surface area contributed by atoms with Crippen molar-refractivity contribution in [2.75, 3.05) is 19.8 Å². The van der Waals surface area contributed by atoms with Crippen molar-refractivity contribution in [3.8, 4) is 0 Å². The van der Waals surface area contributed by atoms with Crippen molar-refractivity contribution in [3.05, 3.63) is 0 Å². The lowest BCUT2D eigenvalue weighted by molar-refractivity contribution is 0.0191. The fourth-order valence-electron chi connectivity index (χ4n) is 4.10. The smallest absolute Gasteiger partial charge is 0.0509 e. The van der Waals surface area contributed by atoms with E-state index in [4.69, 9.17) is 4.74 Å². The first kappa shape index (κ1) is 9.17. The Kier molecular flexibility index (Phi) is 2.10. The summed E-state index contributed by atoms with van der Waals surface area (Å²) >= 11 is 0. The third-order valence-corrected chi connectivity index (χ3v) is 4.79. The third kappa shape index (κ3) is 1.10. The van der Waals surface area contributed by atoms with Gasteiger partial charge in [-0.3, -0.25) is 4.90 Å². The van der Waals surface area contributed by atoms with Gasteiger partial charge in [0.1, 0.15) is 0 Å². The van der Waals surface area contributed by atoms with Gasteiger partial charge < -0.3 is 4.74 Å². The summed E-state index contributed by atoms with van der Waals surface area (Å²) in [5.74, 6) is 0.851. The van der Waals surface area contributed by atoms with Gasteiger partial charge >= 0.3 is 0 Å². The standard InChI is InChI=1S/C12H21NO/c1-2-12-5-3-6-13(12)11-4-7-14-9-10(11)8-12/h10-11H,2-9H2,1H3. The number of rotatable bonds is 1. The van der Waals surface area contributed by atoms with E-state index < -0.39 is 0 Å². The van der Waals surface area contributed by atoms with Gasteiger partial charge in [0.15, 0.2) is 0 Å². The first-order chi connectivity index (χ1) is 6.86. The predicted molar refractivity (Wildman–Crippen MR) is 56.3 cm³/mol. The molecule has 3 fully saturated rings. The van der Waals surface area contributed by atoms with Gasteiger partial charge in [0.05, 0.1) is 6.61 Å². The summed E-state index contributed by atoms with van der Waals surface area (Å²) in [5.41, 5.74) is 0.586. The first-order valence-electron chi connectivity index (χ1n) is 6.20. The summed E-state index contributed by atoms with van der Waals surface area (Å²) in [7, 11) is 0. The zero-order valence-corrected chi connectivity index (χ0v) is 9.17. The van der Waals surface area contributed by atoms with E-state index in [0.717, 1.165) is 25.2 Å². The quantitative estimate of drug-likeness (QED) is 0.635. The Balaban J connectivity index is 1.86. The van der Waals surface area contributed by atoms with Crippen LogP contribution in [0.5, 0.6) is 0 Å². The maximum Gasteiger partial charge on any atom is 0.0509 e. The molecule has 0 saturated carbocycles. The lowest BCUT2D eigenvalue weighted by atomic mass is 9.86. The summed E-state index contributed by atoms with van der Waals surface area (Å²) in [5, 5.41) is 0. The lowest BCUT2D eigenvalue weighted by Gasteiger charge is -2.35. The topological polar surface area (TPSA) is 12.5 Å². The van der Waals surface area contributed by atoms with Gasteiger partial charge in [0.2, 0.25) is 0 Å². The Labute approximate surface area is 86.6 Å². The van der Waals surface area contributed by atoms with Crippen molar-refractivity contribution >= 4 is 0 Å². The molecule has 3 unspecified atom stereocenters. The highest BCUT2D eigenvalue weighted by atomic mass is 16.5. The van der Waals surface area contributed by atoms with E-state index in [-0.39, 0.29) is 0 Å². The minimum Gasteiger partial charge on any atom is -0.381 e. The molecule has 0 aliphatic carbocycles. The summed E-state index contributed by atoms with van der Waals surface area (Å²) in [6.45, 7) is 5.76. The average molecular weight is 195 g/mol. The summed E-state index contributed by atoms with van der Waals surface area (Å²) < 4.78 is 5.61. The van der Waals surface area contributed by atoms with E-state index in [0.29, 0.717) is 5.54 Å². The van der Waals surface area contributed by atoms with E-state index >= 15 is 0 Å². The molecule has 3 rings (SSSR count). The molecule has 3 aliphatic heterocycles. The van der Waals surface area contributed by atoms with Crippen LogP contribution in [0.15, 0.2) is 0 Å². The number of hydrogen-bond donors (Lipinski definition) is 0. The van der Waals surface area contributed by atoms with Crippen molar-refractivity contribution in [1.82, 2.24) is 4.90 Å². The van der Waals surface area contributed by atoms with Crippen LogP contribution >= 0.6 is 0 Å². The van der Waals surface area contributed by atoms with E-state index in [9.17, 15) is 0 Å². The van der Waals surface area contributed by atoms with Crippen molar-refractivity contribution in [3.63, 3.8) is 0 Å². The monoisotopic (exact) mass is 195 g/mol. The zero-order valence-electron chi connectivity index (χ0n) is 9.17. The molecule has 0 spiro atoms. The molecule has 3 saturated heterocycles. The highest BCUT2D eigenvalue weighted by Gasteiger charge is 2.52. The highest BCUT2D eigenvalue weighted by Crippen LogP contribution is 2.49. The first-order valence-corrected chi connectivity index (χ1v) is 6.20. The summed E-state index contributed by atoms with van der Waals surface area (Å²) in [6.07, 6.45) is 6.91. The maximum absolute atomic E-state index is 5.61. The molecular formula is C12H21NO. The van der Waals surface area contributed by atoms with Crippen LogP contribution in [-0.2, 0) is 4.74 Å². The number of hydrogen-bond acceptors (Lipinski definition) is 2. The van der Waals surface area contributed by atoms with Crippen LogP contribution in [0.2, 0.25) is 0 Å². The van der Waals surface area contributed by atoms with Gasteiger partial charge in [-0.25, -0.2) is 0 Å². The molecule has 0 aromatic heterocycles. The van der Waals surface area contributed by atoms with Crippen LogP contribution in [0.3, 0.4) is 0 Å². The molecule has 80 valence electrons. The normalized spacial score (nSPS) is 47.8. The minimum atomic E-state index is 0.586. The van der Waals surface area contributed by atoms with Crippen LogP contribution in [-0.4, -0.2) is 36.2 Å². The molecule has 3 heterocycles. The Bertz CT molecular complexity index is 230. The minimum absolute atomic E-state index is 0.586. The molecular weight excluding hydrogens is 174 g/mol. The van der Waals surface area contributed by atoms with Gasteiger partial charge in [-0.15, -0.1) is 0 Å². The summed E-state index contributed by atoms with van der Waals surface area (Å²) in [6, 6.07) is 0.867. The Morgan fingerprint density at radius 1 is 1.50 bits per heavy atom. The highest BCUT2D eigenvalue weighted by molar-refractivity contribution is 5.07. The van der Waals surface area contributed by atoms with E-state index in [1.807, 2.05) is 0 Å². The van der Waals surface area contributed by atoms with Gasteiger partial charge in [-0.2, -0.15) is 0 Å². The molecule has 0 bridgehead atoms. The van der Waals surface area contributed by atoms with Gasteiger partial charge in [-0.05, 0) is 44.6 Å². The lowest BCUT2D eigenvalue weighted by Crippen LogP contribution is -2.43. The molecule has 0 amide bonds. The number of nitrogens with zero attached hydrogens (tertiary/aromatic N) is 1. The van der Waals surface area contributed by atoms with Gasteiger partial charge in [0.25, 0.3) is 0 Å². The van der Waals surface area contributed by atoms with Crippen LogP contribution in [0.25, 0.3) is 0 Å². The summed E-state index contributed by atoms with van der Waals surface area (Å²) in [4.78, 5) is 2.83. The van der Waals surface area contributed by atoms with Crippen LogP contribution in [0.1, 0.15) is 39.0 Å². The average Bonchev–Trinajstić information content (AvgIpc) is 2.73. The van der Waals surface area contributed by atoms with Gasteiger partial charge in [-0.1, -0.05) is 6.92 Å². The molecule has 0 aromatic carbocycles. The number of fused-ring (bicyclic) bond motifs is 3. The number of ether oxygens (including phenoxy) is 1. The van der Waals surface area contributed by atoms with Crippen LogP contribution < -0.4 is 0 Å². The fraction of sp³-hybridized carbons (Fsp3) is 1.00. The van der Waals surface area contributed by atoms with E-state index in [1.165, 1.54) is 38.6 Å². The van der Waals surface area contributed by atoms with Crippen molar-refractivity contribution < 1.29 is 4.74 Å². The second-order valence-corrected chi connectivity index (χ2v) is 5.27. The Morgan fingerprint density at radius 2 is 2.43 bits per heavy atom. The van der Waals surface area contributed by atoms with Crippen molar-refractivity contribution in [2.45, 2.75) is 50.6 Å². The zero-order chi connectivity index (χ0) is 9.60. The molecule has 0 aromatic rings. The third-order valence-electron chi connectivity index (χ3n) is 4.79. The van der Waals surface area contributed by atoms with Crippen LogP contribution in [0, 0.1) is 5.92 Å². The van der Waals surface area contributed by atoms with E-state index in [2.05, 4.69) is 11.8 Å². The molecule has 0 radical (unpaired) electrons. The van der Waals surface area contributed by atoms with Crippen LogP contribution in [0.4, 0.5) is 0 Å². The Hall–Kier alpha value is -0.0800. The van der Waals surface area contributed by atoms with Crippen molar-refractivity contribution in [1.29, 1.82) is 0 Å². The van der Waals surface area contributed by atoms with E-state index in [1.54, 1.807) is 0 Å². The second-order valence-electron chi connectivity index (χ2n) is 5.27. The molecule has 14 heavy (non-hydrogen) atoms. The van der Waals surface area contributed by atoms with Gasteiger partial charge in [0, 0.05) is 18.2 Å². The maximum atomic E-state index is 5.61. The second kappa shape index (κ2) is 3.21. The van der Waals surface area contributed by atoms with Crippen molar-refractivity contribution in [2.24, 2.45) is 5.92 Å². The predicted octanol–water partition coefficient (Wildman–Crippen LogP) is 2.04. The molecule has 2 heteroatoms. The molecule has 2 nitrogen and oxygen atoms in total. The molecule has 3 aliphatic rings. The molecule has 0 N–H and O–H groups in total. The SMILES string of the molecule is CCC12CCCN1C1CCOCC1C2. The molecule has 3 atom stereocenters. The largest absolute Gasteiger partial charge is 0.381 e.